The highest BCUT2D eigenvalue weighted by Crippen LogP contribution is 2.30. The number of rotatable bonds is 4. The van der Waals surface area contributed by atoms with Crippen molar-refractivity contribution in [3.63, 3.8) is 0 Å². The summed E-state index contributed by atoms with van der Waals surface area (Å²) in [5.41, 5.74) is -1.01. The fraction of sp³-hybridized carbons (Fsp3) is 0.0870. The quantitative estimate of drug-likeness (QED) is 0.437. The molecule has 10 heteroatoms. The van der Waals surface area contributed by atoms with Crippen LogP contribution in [0.4, 0.5) is 27.6 Å². The minimum Gasteiger partial charge on any atom is -0.324 e. The molecule has 1 heterocycles. The first kappa shape index (κ1) is 22.1. The number of benzene rings is 3. The van der Waals surface area contributed by atoms with E-state index in [0.717, 1.165) is 41.1 Å². The fourth-order valence-corrected chi connectivity index (χ4v) is 3.28. The van der Waals surface area contributed by atoms with Gasteiger partial charge in [-0.05, 0) is 48.5 Å². The van der Waals surface area contributed by atoms with E-state index in [1.165, 1.54) is 12.1 Å². The van der Waals surface area contributed by atoms with Crippen LogP contribution in [0.3, 0.4) is 0 Å². The minimum atomic E-state index is -4.51. The molecule has 1 aromatic heterocycles. The van der Waals surface area contributed by atoms with Gasteiger partial charge in [0, 0.05) is 16.6 Å². The Bertz CT molecular complexity index is 1410. The Morgan fingerprint density at radius 3 is 2.21 bits per heavy atom. The van der Waals surface area contributed by atoms with Crippen molar-refractivity contribution in [2.45, 2.75) is 12.7 Å². The van der Waals surface area contributed by atoms with Crippen molar-refractivity contribution in [2.24, 2.45) is 0 Å². The van der Waals surface area contributed by atoms with Crippen LogP contribution in [-0.4, -0.2) is 15.7 Å². The van der Waals surface area contributed by atoms with Gasteiger partial charge in [0.25, 0.3) is 5.56 Å². The van der Waals surface area contributed by atoms with Crippen LogP contribution in [0.15, 0.2) is 71.5 Å². The van der Waals surface area contributed by atoms with Gasteiger partial charge in [0.2, 0.25) is 5.91 Å². The van der Waals surface area contributed by atoms with Crippen LogP contribution in [-0.2, 0) is 17.5 Å². The lowest BCUT2D eigenvalue weighted by Gasteiger charge is -2.12. The molecule has 1 N–H and O–H groups in total. The summed E-state index contributed by atoms with van der Waals surface area (Å²) in [6.45, 7) is -0.554. The van der Waals surface area contributed by atoms with Crippen molar-refractivity contribution in [3.05, 3.63) is 94.3 Å². The molecule has 0 atom stereocenters. The number of hydrogen-bond acceptors (Lipinski definition) is 3. The second-order valence-corrected chi connectivity index (χ2v) is 7.11. The lowest BCUT2D eigenvalue weighted by atomic mass is 10.0. The number of halogens is 5. The van der Waals surface area contributed by atoms with Crippen molar-refractivity contribution in [1.82, 2.24) is 9.78 Å². The third-order valence-corrected chi connectivity index (χ3v) is 4.85. The molecule has 0 bridgehead atoms. The number of hydrogen-bond donors (Lipinski definition) is 1. The Hall–Kier alpha value is -4.08. The minimum absolute atomic E-state index is 0.0997. The third-order valence-electron chi connectivity index (χ3n) is 4.85. The topological polar surface area (TPSA) is 64.0 Å². The van der Waals surface area contributed by atoms with Gasteiger partial charge in [-0.15, -0.1) is 0 Å². The van der Waals surface area contributed by atoms with E-state index in [2.05, 4.69) is 10.4 Å². The molecule has 3 aromatic carbocycles. The summed E-state index contributed by atoms with van der Waals surface area (Å²) in [5, 5.41) is 7.17. The van der Waals surface area contributed by atoms with E-state index in [1.54, 1.807) is 18.2 Å². The average molecular weight is 459 g/mol. The van der Waals surface area contributed by atoms with E-state index < -0.39 is 41.4 Å². The molecule has 0 spiro atoms. The van der Waals surface area contributed by atoms with Crippen molar-refractivity contribution in [1.29, 1.82) is 0 Å². The number of nitrogens with one attached hydrogen (secondary N) is 1. The summed E-state index contributed by atoms with van der Waals surface area (Å²) in [6.07, 6.45) is -4.51. The van der Waals surface area contributed by atoms with Crippen LogP contribution < -0.4 is 10.9 Å². The third kappa shape index (κ3) is 4.59. The number of anilines is 1. The zero-order chi connectivity index (χ0) is 23.8. The zero-order valence-electron chi connectivity index (χ0n) is 16.7. The van der Waals surface area contributed by atoms with E-state index in [9.17, 15) is 31.5 Å². The van der Waals surface area contributed by atoms with Crippen LogP contribution >= 0.6 is 0 Å². The first-order valence-electron chi connectivity index (χ1n) is 9.56. The monoisotopic (exact) mass is 459 g/mol. The zero-order valence-corrected chi connectivity index (χ0v) is 16.7. The average Bonchev–Trinajstić information content (AvgIpc) is 2.77. The highest BCUT2D eigenvalue weighted by Gasteiger charge is 2.30. The standard InChI is InChI=1S/C23H14F5N3O2/c24-18-10-5-13(11-19(18)25)21-16-3-1-2-4-17(16)22(33)31(30-21)12-20(32)29-15-8-6-14(7-9-15)23(26,27)28/h1-11H,12H2,(H,29,32). The Morgan fingerprint density at radius 1 is 0.909 bits per heavy atom. The fourth-order valence-electron chi connectivity index (χ4n) is 3.28. The molecule has 5 nitrogen and oxygen atoms in total. The highest BCUT2D eigenvalue weighted by atomic mass is 19.4. The smallest absolute Gasteiger partial charge is 0.324 e. The normalized spacial score (nSPS) is 11.5. The highest BCUT2D eigenvalue weighted by molar-refractivity contribution is 5.94. The molecule has 0 aliphatic carbocycles. The predicted molar refractivity (Wildman–Crippen MR) is 111 cm³/mol. The lowest BCUT2D eigenvalue weighted by Crippen LogP contribution is -2.30. The van der Waals surface area contributed by atoms with Gasteiger partial charge in [-0.2, -0.15) is 18.3 Å². The van der Waals surface area contributed by atoms with Gasteiger partial charge in [0.1, 0.15) is 6.54 Å². The first-order valence-corrected chi connectivity index (χ1v) is 9.56. The van der Waals surface area contributed by atoms with Gasteiger partial charge in [-0.1, -0.05) is 18.2 Å². The van der Waals surface area contributed by atoms with Crippen molar-refractivity contribution < 1.29 is 26.7 Å². The van der Waals surface area contributed by atoms with E-state index in [-0.39, 0.29) is 22.3 Å². The Labute approximate surface area is 183 Å². The number of nitrogens with zero attached hydrogens (tertiary/aromatic N) is 2. The molecule has 0 unspecified atom stereocenters. The van der Waals surface area contributed by atoms with Crippen LogP contribution in [0, 0.1) is 11.6 Å². The van der Waals surface area contributed by atoms with Gasteiger partial charge in [-0.3, -0.25) is 9.59 Å². The van der Waals surface area contributed by atoms with Crippen LogP contribution in [0.5, 0.6) is 0 Å². The molecular weight excluding hydrogens is 445 g/mol. The number of carbonyl (C=O) groups is 1. The summed E-state index contributed by atoms with van der Waals surface area (Å²) in [5.74, 6) is -2.86. The van der Waals surface area contributed by atoms with Crippen LogP contribution in [0.25, 0.3) is 22.0 Å². The second-order valence-electron chi connectivity index (χ2n) is 7.11. The molecule has 33 heavy (non-hydrogen) atoms. The maximum Gasteiger partial charge on any atom is 0.416 e. The van der Waals surface area contributed by atoms with E-state index in [4.69, 9.17) is 0 Å². The van der Waals surface area contributed by atoms with Gasteiger partial charge in [0.05, 0.1) is 16.6 Å². The van der Waals surface area contributed by atoms with Gasteiger partial charge >= 0.3 is 6.18 Å². The molecule has 0 aliphatic heterocycles. The summed E-state index contributed by atoms with van der Waals surface area (Å²) in [4.78, 5) is 25.3. The van der Waals surface area contributed by atoms with Gasteiger partial charge in [-0.25, -0.2) is 13.5 Å². The second kappa shape index (κ2) is 8.45. The van der Waals surface area contributed by atoms with E-state index in [1.807, 2.05) is 0 Å². The van der Waals surface area contributed by atoms with Crippen molar-refractivity contribution in [3.8, 4) is 11.3 Å². The number of alkyl halides is 3. The molecular formula is C23H14F5N3O2. The number of amides is 1. The summed E-state index contributed by atoms with van der Waals surface area (Å²) in [6, 6.07) is 13.3. The molecule has 1 amide bonds. The van der Waals surface area contributed by atoms with Crippen molar-refractivity contribution in [2.75, 3.05) is 5.32 Å². The number of fused-ring (bicyclic) bond motifs is 1. The lowest BCUT2D eigenvalue weighted by molar-refractivity contribution is -0.137. The maximum absolute atomic E-state index is 13.8. The largest absolute Gasteiger partial charge is 0.416 e. The summed E-state index contributed by atoms with van der Waals surface area (Å²) >= 11 is 0. The summed E-state index contributed by atoms with van der Waals surface area (Å²) in [7, 11) is 0. The maximum atomic E-state index is 13.8. The van der Waals surface area contributed by atoms with Crippen LogP contribution in [0.1, 0.15) is 5.56 Å². The molecule has 168 valence electrons. The molecule has 0 radical (unpaired) electrons. The molecule has 0 fully saturated rings. The molecule has 4 rings (SSSR count). The number of aromatic nitrogens is 2. The predicted octanol–water partition coefficient (Wildman–Crippen LogP) is 5.00. The van der Waals surface area contributed by atoms with E-state index >= 15 is 0 Å². The van der Waals surface area contributed by atoms with Crippen molar-refractivity contribution >= 4 is 22.4 Å². The SMILES string of the molecule is O=C(Cn1nc(-c2ccc(F)c(F)c2)c2ccccc2c1=O)Nc1ccc(C(F)(F)F)cc1. The van der Waals surface area contributed by atoms with Gasteiger partial charge in [0.15, 0.2) is 11.6 Å². The Balaban J connectivity index is 1.68. The molecule has 0 aliphatic rings. The summed E-state index contributed by atoms with van der Waals surface area (Å²) < 4.78 is 66.1. The van der Waals surface area contributed by atoms with Gasteiger partial charge < -0.3 is 5.32 Å². The molecule has 0 saturated carbocycles. The van der Waals surface area contributed by atoms with E-state index in [0.29, 0.717) is 5.39 Å². The van der Waals surface area contributed by atoms with Crippen LogP contribution in [0.2, 0.25) is 0 Å². The number of carbonyl (C=O) groups excluding carboxylic acids is 1. The first-order chi connectivity index (χ1) is 15.6. The molecule has 4 aromatic rings. The Kier molecular flexibility index (Phi) is 5.67. The Morgan fingerprint density at radius 2 is 1.58 bits per heavy atom. The molecule has 0 saturated heterocycles.